The number of rotatable bonds is 6. The number of ether oxygens (including phenoxy) is 1. The molecule has 0 aliphatic rings. The third kappa shape index (κ3) is 4.08. The molecular weight excluding hydrogens is 224 g/mol. The molecule has 1 unspecified atom stereocenters. The highest BCUT2D eigenvalue weighted by molar-refractivity contribution is 7.13. The van der Waals surface area contributed by atoms with Crippen LogP contribution in [0.5, 0.6) is 0 Å². The zero-order valence-electron chi connectivity index (χ0n) is 10.3. The van der Waals surface area contributed by atoms with Gasteiger partial charge in [-0.3, -0.25) is 0 Å². The Labute approximate surface area is 101 Å². The van der Waals surface area contributed by atoms with Crippen LogP contribution in [0.15, 0.2) is 5.38 Å². The molecule has 0 saturated carbocycles. The SMILES string of the molecule is CC(C)OCCN(C)c1nc(C(C)O)cs1. The topological polar surface area (TPSA) is 45.6 Å². The van der Waals surface area contributed by atoms with Crippen molar-refractivity contribution in [1.29, 1.82) is 0 Å². The van der Waals surface area contributed by atoms with E-state index in [2.05, 4.69) is 4.98 Å². The minimum Gasteiger partial charge on any atom is -0.387 e. The van der Waals surface area contributed by atoms with E-state index < -0.39 is 6.10 Å². The fourth-order valence-electron chi connectivity index (χ4n) is 1.16. The van der Waals surface area contributed by atoms with Gasteiger partial charge in [0.2, 0.25) is 0 Å². The summed E-state index contributed by atoms with van der Waals surface area (Å²) in [6.45, 7) is 7.27. The van der Waals surface area contributed by atoms with Gasteiger partial charge in [-0.15, -0.1) is 11.3 Å². The molecule has 1 rings (SSSR count). The summed E-state index contributed by atoms with van der Waals surface area (Å²) < 4.78 is 5.47. The van der Waals surface area contributed by atoms with Crippen LogP contribution >= 0.6 is 11.3 Å². The monoisotopic (exact) mass is 244 g/mol. The predicted octanol–water partition coefficient (Wildman–Crippen LogP) is 2.06. The average molecular weight is 244 g/mol. The van der Waals surface area contributed by atoms with Gasteiger partial charge < -0.3 is 14.7 Å². The zero-order valence-corrected chi connectivity index (χ0v) is 11.1. The maximum atomic E-state index is 9.37. The molecule has 0 spiro atoms. The Morgan fingerprint density at radius 1 is 1.50 bits per heavy atom. The van der Waals surface area contributed by atoms with Crippen molar-refractivity contribution in [2.75, 3.05) is 25.1 Å². The first kappa shape index (κ1) is 13.4. The zero-order chi connectivity index (χ0) is 12.1. The molecule has 0 amide bonds. The summed E-state index contributed by atoms with van der Waals surface area (Å²) in [5.41, 5.74) is 0.733. The van der Waals surface area contributed by atoms with Gasteiger partial charge in [0.1, 0.15) is 0 Å². The predicted molar refractivity (Wildman–Crippen MR) is 67.1 cm³/mol. The average Bonchev–Trinajstić information content (AvgIpc) is 2.65. The minimum atomic E-state index is -0.495. The van der Waals surface area contributed by atoms with E-state index in [0.29, 0.717) is 6.61 Å². The van der Waals surface area contributed by atoms with E-state index in [1.165, 1.54) is 0 Å². The van der Waals surface area contributed by atoms with Crippen LogP contribution in [0.3, 0.4) is 0 Å². The van der Waals surface area contributed by atoms with Gasteiger partial charge in [-0.25, -0.2) is 4.98 Å². The molecule has 4 nitrogen and oxygen atoms in total. The molecule has 0 fully saturated rings. The summed E-state index contributed by atoms with van der Waals surface area (Å²) in [5.74, 6) is 0. The smallest absolute Gasteiger partial charge is 0.185 e. The Bertz CT molecular complexity index is 313. The Morgan fingerprint density at radius 2 is 2.19 bits per heavy atom. The van der Waals surface area contributed by atoms with Crippen LogP contribution in [-0.2, 0) is 4.74 Å². The fraction of sp³-hybridized carbons (Fsp3) is 0.727. The standard InChI is InChI=1S/C11H20N2O2S/c1-8(2)15-6-5-13(4)11-12-10(7-16-11)9(3)14/h7-9,14H,5-6H2,1-4H3. The third-order valence-electron chi connectivity index (χ3n) is 2.14. The number of thiazole rings is 1. The van der Waals surface area contributed by atoms with Crippen molar-refractivity contribution >= 4 is 16.5 Å². The highest BCUT2D eigenvalue weighted by Gasteiger charge is 2.10. The third-order valence-corrected chi connectivity index (χ3v) is 3.12. The van der Waals surface area contributed by atoms with Crippen LogP contribution in [0.4, 0.5) is 5.13 Å². The van der Waals surface area contributed by atoms with Crippen molar-refractivity contribution < 1.29 is 9.84 Å². The van der Waals surface area contributed by atoms with Gasteiger partial charge in [0.25, 0.3) is 0 Å². The molecule has 1 aromatic heterocycles. The second-order valence-corrected chi connectivity index (χ2v) is 4.91. The lowest BCUT2D eigenvalue weighted by molar-refractivity contribution is 0.0846. The van der Waals surface area contributed by atoms with Gasteiger partial charge in [-0.2, -0.15) is 0 Å². The highest BCUT2D eigenvalue weighted by Crippen LogP contribution is 2.22. The molecule has 1 heterocycles. The van der Waals surface area contributed by atoms with Crippen LogP contribution in [0.25, 0.3) is 0 Å². The van der Waals surface area contributed by atoms with Gasteiger partial charge in [-0.1, -0.05) is 0 Å². The van der Waals surface area contributed by atoms with Crippen molar-refractivity contribution in [2.24, 2.45) is 0 Å². The molecule has 0 bridgehead atoms. The highest BCUT2D eigenvalue weighted by atomic mass is 32.1. The molecule has 5 heteroatoms. The molecule has 0 saturated heterocycles. The normalized spacial score (nSPS) is 13.1. The second-order valence-electron chi connectivity index (χ2n) is 4.07. The van der Waals surface area contributed by atoms with Gasteiger partial charge in [0.05, 0.1) is 24.5 Å². The maximum Gasteiger partial charge on any atom is 0.185 e. The number of anilines is 1. The number of hydrogen-bond acceptors (Lipinski definition) is 5. The molecule has 1 aromatic rings. The number of aliphatic hydroxyl groups is 1. The molecule has 16 heavy (non-hydrogen) atoms. The summed E-state index contributed by atoms with van der Waals surface area (Å²) in [4.78, 5) is 6.39. The molecule has 1 atom stereocenters. The summed E-state index contributed by atoms with van der Waals surface area (Å²) >= 11 is 1.54. The first-order valence-electron chi connectivity index (χ1n) is 5.47. The number of nitrogens with zero attached hydrogens (tertiary/aromatic N) is 2. The van der Waals surface area contributed by atoms with Gasteiger partial charge in [0.15, 0.2) is 5.13 Å². The lowest BCUT2D eigenvalue weighted by Gasteiger charge is -2.16. The van der Waals surface area contributed by atoms with Gasteiger partial charge in [0, 0.05) is 19.0 Å². The van der Waals surface area contributed by atoms with E-state index in [1.807, 2.05) is 31.2 Å². The summed E-state index contributed by atoms with van der Waals surface area (Å²) in [5, 5.41) is 12.2. The Morgan fingerprint density at radius 3 is 2.69 bits per heavy atom. The first-order valence-corrected chi connectivity index (χ1v) is 6.35. The number of hydrogen-bond donors (Lipinski definition) is 1. The Kier molecular flexibility index (Phi) is 5.18. The number of likely N-dealkylation sites (N-methyl/N-ethyl adjacent to an activating group) is 1. The van der Waals surface area contributed by atoms with Crippen molar-refractivity contribution in [1.82, 2.24) is 4.98 Å². The van der Waals surface area contributed by atoms with Crippen molar-refractivity contribution in [3.05, 3.63) is 11.1 Å². The second kappa shape index (κ2) is 6.18. The molecule has 0 aliphatic carbocycles. The lowest BCUT2D eigenvalue weighted by Crippen LogP contribution is -2.23. The van der Waals surface area contributed by atoms with E-state index in [-0.39, 0.29) is 6.10 Å². The van der Waals surface area contributed by atoms with Gasteiger partial charge in [-0.05, 0) is 20.8 Å². The summed E-state index contributed by atoms with van der Waals surface area (Å²) in [7, 11) is 1.98. The van der Waals surface area contributed by atoms with Crippen LogP contribution in [0.2, 0.25) is 0 Å². The van der Waals surface area contributed by atoms with E-state index in [4.69, 9.17) is 4.74 Å². The Balaban J connectivity index is 2.43. The summed E-state index contributed by atoms with van der Waals surface area (Å²) in [6.07, 6.45) is -0.233. The van der Waals surface area contributed by atoms with Crippen molar-refractivity contribution in [2.45, 2.75) is 33.0 Å². The summed E-state index contributed by atoms with van der Waals surface area (Å²) in [6, 6.07) is 0. The van der Waals surface area contributed by atoms with Crippen molar-refractivity contribution in [3.8, 4) is 0 Å². The number of aliphatic hydroxyl groups excluding tert-OH is 1. The van der Waals surface area contributed by atoms with Crippen LogP contribution in [0, 0.1) is 0 Å². The largest absolute Gasteiger partial charge is 0.387 e. The quantitative estimate of drug-likeness (QED) is 0.832. The molecule has 0 radical (unpaired) electrons. The van der Waals surface area contributed by atoms with Crippen molar-refractivity contribution in [3.63, 3.8) is 0 Å². The van der Waals surface area contributed by atoms with Crippen LogP contribution in [0.1, 0.15) is 32.6 Å². The van der Waals surface area contributed by atoms with Crippen LogP contribution in [-0.4, -0.2) is 36.4 Å². The molecule has 92 valence electrons. The molecule has 0 aliphatic heterocycles. The van der Waals surface area contributed by atoms with Gasteiger partial charge >= 0.3 is 0 Å². The molecule has 0 aromatic carbocycles. The van der Waals surface area contributed by atoms with E-state index in [0.717, 1.165) is 17.4 Å². The molecule has 1 N–H and O–H groups in total. The minimum absolute atomic E-state index is 0.262. The van der Waals surface area contributed by atoms with E-state index in [1.54, 1.807) is 18.3 Å². The van der Waals surface area contributed by atoms with E-state index >= 15 is 0 Å². The van der Waals surface area contributed by atoms with E-state index in [9.17, 15) is 5.11 Å². The van der Waals surface area contributed by atoms with Crippen LogP contribution < -0.4 is 4.90 Å². The fourth-order valence-corrected chi connectivity index (χ4v) is 2.07. The maximum absolute atomic E-state index is 9.37. The first-order chi connectivity index (χ1) is 7.50. The number of aromatic nitrogens is 1. The molecular formula is C11H20N2O2S. The lowest BCUT2D eigenvalue weighted by atomic mass is 10.3. The Hall–Kier alpha value is -0.650.